The lowest BCUT2D eigenvalue weighted by atomic mass is 10.1. The second-order valence-electron chi connectivity index (χ2n) is 4.45. The maximum atomic E-state index is 3.75. The van der Waals surface area contributed by atoms with Crippen LogP contribution < -0.4 is 5.32 Å². The highest BCUT2D eigenvalue weighted by Crippen LogP contribution is 2.07. The van der Waals surface area contributed by atoms with Gasteiger partial charge in [0.15, 0.2) is 0 Å². The van der Waals surface area contributed by atoms with Crippen LogP contribution in [0.1, 0.15) is 65.2 Å². The van der Waals surface area contributed by atoms with E-state index in [9.17, 15) is 0 Å². The van der Waals surface area contributed by atoms with Crippen LogP contribution >= 0.6 is 0 Å². The Labute approximate surface area is 96.3 Å². The molecule has 0 bridgehead atoms. The summed E-state index contributed by atoms with van der Waals surface area (Å²) in [6, 6.07) is 0.467. The highest BCUT2D eigenvalue weighted by molar-refractivity contribution is 4.80. The highest BCUT2D eigenvalue weighted by atomic mass is 14.9. The third-order valence-corrected chi connectivity index (χ3v) is 2.85. The molecule has 0 saturated carbocycles. The van der Waals surface area contributed by atoms with E-state index < -0.39 is 0 Å². The normalized spacial score (nSPS) is 12.7. The molecule has 0 aliphatic rings. The van der Waals surface area contributed by atoms with Crippen LogP contribution in [0.3, 0.4) is 0 Å². The van der Waals surface area contributed by atoms with Crippen molar-refractivity contribution in [1.82, 2.24) is 5.32 Å². The summed E-state index contributed by atoms with van der Waals surface area (Å²) in [6.45, 7) is 9.32. The van der Waals surface area contributed by atoms with Gasteiger partial charge in [0.2, 0.25) is 0 Å². The number of nitrogens with one attached hydrogen (secondary N) is 1. The van der Waals surface area contributed by atoms with E-state index in [0.29, 0.717) is 6.04 Å². The van der Waals surface area contributed by atoms with E-state index in [-0.39, 0.29) is 0 Å². The smallest absolute Gasteiger partial charge is 0.0219 e. The van der Waals surface area contributed by atoms with Gasteiger partial charge < -0.3 is 5.32 Å². The van der Waals surface area contributed by atoms with Crippen molar-refractivity contribution in [2.45, 2.75) is 71.3 Å². The van der Waals surface area contributed by atoms with Gasteiger partial charge in [0.05, 0.1) is 0 Å². The topological polar surface area (TPSA) is 12.0 Å². The zero-order valence-electron chi connectivity index (χ0n) is 10.7. The molecule has 90 valence electrons. The largest absolute Gasteiger partial charge is 0.311 e. The summed E-state index contributed by atoms with van der Waals surface area (Å²) in [7, 11) is 0. The summed E-state index contributed by atoms with van der Waals surface area (Å²) in [5.41, 5.74) is 0. The molecule has 0 rings (SSSR count). The van der Waals surface area contributed by atoms with E-state index in [1.54, 1.807) is 0 Å². The van der Waals surface area contributed by atoms with Crippen LogP contribution in [-0.4, -0.2) is 12.6 Å². The van der Waals surface area contributed by atoms with E-state index >= 15 is 0 Å². The first-order valence-corrected chi connectivity index (χ1v) is 6.67. The number of hydrogen-bond donors (Lipinski definition) is 1. The zero-order chi connectivity index (χ0) is 11.4. The minimum atomic E-state index is 0.467. The van der Waals surface area contributed by atoms with E-state index in [4.69, 9.17) is 0 Å². The lowest BCUT2D eigenvalue weighted by Crippen LogP contribution is -2.24. The molecule has 1 heteroatoms. The Morgan fingerprint density at radius 2 is 1.53 bits per heavy atom. The molecule has 1 atom stereocenters. The predicted molar refractivity (Wildman–Crippen MR) is 70.3 cm³/mol. The highest BCUT2D eigenvalue weighted by Gasteiger charge is 1.94. The van der Waals surface area contributed by atoms with Crippen molar-refractivity contribution < 1.29 is 0 Å². The van der Waals surface area contributed by atoms with Crippen LogP contribution in [-0.2, 0) is 0 Å². The van der Waals surface area contributed by atoms with Gasteiger partial charge in [0, 0.05) is 6.04 Å². The first-order valence-electron chi connectivity index (χ1n) is 6.67. The first kappa shape index (κ1) is 14.7. The van der Waals surface area contributed by atoms with Gasteiger partial charge in [-0.3, -0.25) is 0 Å². The molecule has 0 radical (unpaired) electrons. The van der Waals surface area contributed by atoms with Crippen molar-refractivity contribution in [2.75, 3.05) is 6.54 Å². The predicted octanol–water partition coefficient (Wildman–Crippen LogP) is 4.29. The molecule has 0 saturated heterocycles. The lowest BCUT2D eigenvalue weighted by Gasteiger charge is -2.08. The molecule has 0 aromatic rings. The Kier molecular flexibility index (Phi) is 11.5. The van der Waals surface area contributed by atoms with Gasteiger partial charge in [0.1, 0.15) is 0 Å². The van der Waals surface area contributed by atoms with Crippen LogP contribution in [0.4, 0.5) is 0 Å². The standard InChI is InChI=1S/C14H29N/c1-4-6-7-8-9-10-11-12-13-15-14(3)5-2/h5,14-15H,2,4,6-13H2,1,3H3. The average molecular weight is 211 g/mol. The Balaban J connectivity index is 2.95. The van der Waals surface area contributed by atoms with Crippen LogP contribution in [0.25, 0.3) is 0 Å². The molecule has 1 nitrogen and oxygen atoms in total. The van der Waals surface area contributed by atoms with E-state index in [1.807, 2.05) is 6.08 Å². The molecule has 0 spiro atoms. The van der Waals surface area contributed by atoms with Gasteiger partial charge in [-0.1, -0.05) is 57.9 Å². The maximum Gasteiger partial charge on any atom is 0.0219 e. The number of rotatable bonds is 11. The van der Waals surface area contributed by atoms with Gasteiger partial charge in [-0.25, -0.2) is 0 Å². The Morgan fingerprint density at radius 1 is 1.00 bits per heavy atom. The number of hydrogen-bond acceptors (Lipinski definition) is 1. The van der Waals surface area contributed by atoms with E-state index in [2.05, 4.69) is 25.7 Å². The molecule has 1 unspecified atom stereocenters. The first-order chi connectivity index (χ1) is 7.31. The molecule has 15 heavy (non-hydrogen) atoms. The summed E-state index contributed by atoms with van der Waals surface area (Å²) in [5, 5.41) is 3.43. The minimum absolute atomic E-state index is 0.467. The van der Waals surface area contributed by atoms with Gasteiger partial charge in [-0.05, 0) is 19.9 Å². The Bertz CT molecular complexity index is 131. The van der Waals surface area contributed by atoms with E-state index in [0.717, 1.165) is 6.54 Å². The Hall–Kier alpha value is -0.300. The fourth-order valence-corrected chi connectivity index (χ4v) is 1.67. The molecule has 0 aliphatic heterocycles. The zero-order valence-corrected chi connectivity index (χ0v) is 10.7. The molecule has 0 amide bonds. The second kappa shape index (κ2) is 11.8. The summed E-state index contributed by atoms with van der Waals surface area (Å²) in [4.78, 5) is 0. The third kappa shape index (κ3) is 11.6. The summed E-state index contributed by atoms with van der Waals surface area (Å²) in [5.74, 6) is 0. The van der Waals surface area contributed by atoms with Crippen molar-refractivity contribution in [3.05, 3.63) is 12.7 Å². The third-order valence-electron chi connectivity index (χ3n) is 2.85. The van der Waals surface area contributed by atoms with Crippen molar-refractivity contribution in [3.63, 3.8) is 0 Å². The van der Waals surface area contributed by atoms with Crippen molar-refractivity contribution in [3.8, 4) is 0 Å². The molecule has 0 heterocycles. The lowest BCUT2D eigenvalue weighted by molar-refractivity contribution is 0.543. The van der Waals surface area contributed by atoms with Gasteiger partial charge >= 0.3 is 0 Å². The van der Waals surface area contributed by atoms with Crippen LogP contribution in [0.15, 0.2) is 12.7 Å². The fourth-order valence-electron chi connectivity index (χ4n) is 1.67. The van der Waals surface area contributed by atoms with Gasteiger partial charge in [0.25, 0.3) is 0 Å². The van der Waals surface area contributed by atoms with E-state index in [1.165, 1.54) is 51.4 Å². The van der Waals surface area contributed by atoms with Crippen molar-refractivity contribution in [1.29, 1.82) is 0 Å². The summed E-state index contributed by atoms with van der Waals surface area (Å²) < 4.78 is 0. The van der Waals surface area contributed by atoms with Crippen molar-refractivity contribution >= 4 is 0 Å². The molecule has 0 aromatic carbocycles. The minimum Gasteiger partial charge on any atom is -0.311 e. The van der Waals surface area contributed by atoms with Crippen LogP contribution in [0.2, 0.25) is 0 Å². The average Bonchev–Trinajstić information content (AvgIpc) is 2.26. The van der Waals surface area contributed by atoms with Gasteiger partial charge in [-0.2, -0.15) is 0 Å². The second-order valence-corrected chi connectivity index (χ2v) is 4.45. The molecule has 0 aliphatic carbocycles. The van der Waals surface area contributed by atoms with Crippen LogP contribution in [0, 0.1) is 0 Å². The fraction of sp³-hybridized carbons (Fsp3) is 0.857. The molecule has 0 fully saturated rings. The SMILES string of the molecule is C=CC(C)NCCCCCCCCCC. The van der Waals surface area contributed by atoms with Gasteiger partial charge in [-0.15, -0.1) is 6.58 Å². The maximum absolute atomic E-state index is 3.75. The molecular formula is C14H29N. The monoisotopic (exact) mass is 211 g/mol. The summed E-state index contributed by atoms with van der Waals surface area (Å²) >= 11 is 0. The quantitative estimate of drug-likeness (QED) is 0.397. The number of unbranched alkanes of at least 4 members (excludes halogenated alkanes) is 7. The summed E-state index contributed by atoms with van der Waals surface area (Å²) in [6.07, 6.45) is 13.1. The van der Waals surface area contributed by atoms with Crippen molar-refractivity contribution in [2.24, 2.45) is 0 Å². The molecular weight excluding hydrogens is 182 g/mol. The Morgan fingerprint density at radius 3 is 2.07 bits per heavy atom. The van der Waals surface area contributed by atoms with Crippen LogP contribution in [0.5, 0.6) is 0 Å². The molecule has 1 N–H and O–H groups in total. The molecule has 0 aromatic heterocycles.